The molecule has 3 heteroatoms. The van der Waals surface area contributed by atoms with Crippen molar-refractivity contribution < 1.29 is 0 Å². The molecule has 3 unspecified atom stereocenters. The molecule has 1 aromatic rings. The molecule has 1 fully saturated rings. The van der Waals surface area contributed by atoms with Gasteiger partial charge in [0.1, 0.15) is 0 Å². The largest absolute Gasteiger partial charge is 0.328 e. The van der Waals surface area contributed by atoms with Gasteiger partial charge in [0, 0.05) is 25.2 Å². The number of nitrogens with two attached hydrogens (primary N) is 1. The molecule has 84 valence electrons. The third-order valence-corrected chi connectivity index (χ3v) is 3.67. The van der Waals surface area contributed by atoms with Crippen molar-refractivity contribution in [3.63, 3.8) is 0 Å². The Morgan fingerprint density at radius 3 is 2.93 bits per heavy atom. The SMILES string of the molecule is CCC1CCC(N)CC1c1ccn(C)n1. The van der Waals surface area contributed by atoms with Crippen molar-refractivity contribution in [1.82, 2.24) is 9.78 Å². The molecule has 0 aliphatic heterocycles. The normalized spacial score (nSPS) is 31.8. The molecule has 3 nitrogen and oxygen atoms in total. The summed E-state index contributed by atoms with van der Waals surface area (Å²) in [5.41, 5.74) is 7.29. The molecular weight excluding hydrogens is 186 g/mol. The number of aryl methyl sites for hydroxylation is 1. The van der Waals surface area contributed by atoms with Crippen LogP contribution in [0.2, 0.25) is 0 Å². The molecule has 0 spiro atoms. The van der Waals surface area contributed by atoms with Crippen LogP contribution in [0, 0.1) is 5.92 Å². The number of hydrogen-bond donors (Lipinski definition) is 1. The topological polar surface area (TPSA) is 43.8 Å². The molecule has 0 saturated heterocycles. The first-order valence-electron chi connectivity index (χ1n) is 5.95. The molecule has 0 amide bonds. The van der Waals surface area contributed by atoms with Crippen LogP contribution in [0.3, 0.4) is 0 Å². The summed E-state index contributed by atoms with van der Waals surface area (Å²) in [6.45, 7) is 2.28. The van der Waals surface area contributed by atoms with Gasteiger partial charge in [-0.05, 0) is 31.2 Å². The maximum Gasteiger partial charge on any atom is 0.0658 e. The molecule has 0 aromatic carbocycles. The first-order valence-corrected chi connectivity index (χ1v) is 5.95. The van der Waals surface area contributed by atoms with Crippen LogP contribution in [0.1, 0.15) is 44.2 Å². The second kappa shape index (κ2) is 4.35. The average Bonchev–Trinajstić information content (AvgIpc) is 2.65. The van der Waals surface area contributed by atoms with Gasteiger partial charge in [0.15, 0.2) is 0 Å². The molecule has 1 aliphatic carbocycles. The van der Waals surface area contributed by atoms with Crippen molar-refractivity contribution in [3.8, 4) is 0 Å². The third kappa shape index (κ3) is 2.23. The quantitative estimate of drug-likeness (QED) is 0.806. The number of aromatic nitrogens is 2. The minimum atomic E-state index is 0.375. The second-order valence-corrected chi connectivity index (χ2v) is 4.76. The van der Waals surface area contributed by atoms with E-state index in [2.05, 4.69) is 18.1 Å². The van der Waals surface area contributed by atoms with Gasteiger partial charge in [-0.25, -0.2) is 0 Å². The van der Waals surface area contributed by atoms with Crippen molar-refractivity contribution in [2.75, 3.05) is 0 Å². The molecule has 0 radical (unpaired) electrons. The van der Waals surface area contributed by atoms with Crippen LogP contribution in [0.15, 0.2) is 12.3 Å². The van der Waals surface area contributed by atoms with Crippen LogP contribution in [0.5, 0.6) is 0 Å². The van der Waals surface area contributed by atoms with E-state index in [1.54, 1.807) is 0 Å². The lowest BCUT2D eigenvalue weighted by Gasteiger charge is -2.33. The summed E-state index contributed by atoms with van der Waals surface area (Å²) in [6, 6.07) is 2.52. The molecule has 1 aliphatic rings. The lowest BCUT2D eigenvalue weighted by molar-refractivity contribution is 0.268. The van der Waals surface area contributed by atoms with Gasteiger partial charge in [-0.3, -0.25) is 4.68 Å². The fraction of sp³-hybridized carbons (Fsp3) is 0.750. The molecule has 15 heavy (non-hydrogen) atoms. The average molecular weight is 207 g/mol. The Bertz CT molecular complexity index is 318. The fourth-order valence-electron chi connectivity index (χ4n) is 2.75. The summed E-state index contributed by atoms with van der Waals surface area (Å²) in [6.07, 6.45) is 6.83. The second-order valence-electron chi connectivity index (χ2n) is 4.76. The maximum atomic E-state index is 6.05. The van der Waals surface area contributed by atoms with Crippen molar-refractivity contribution in [3.05, 3.63) is 18.0 Å². The van der Waals surface area contributed by atoms with Crippen LogP contribution < -0.4 is 5.73 Å². The zero-order valence-corrected chi connectivity index (χ0v) is 9.69. The Balaban J connectivity index is 2.16. The summed E-state index contributed by atoms with van der Waals surface area (Å²) < 4.78 is 1.89. The molecule has 1 saturated carbocycles. The van der Waals surface area contributed by atoms with Gasteiger partial charge in [0.2, 0.25) is 0 Å². The lowest BCUT2D eigenvalue weighted by Crippen LogP contribution is -2.32. The summed E-state index contributed by atoms with van der Waals surface area (Å²) >= 11 is 0. The predicted octanol–water partition coefficient (Wildman–Crippen LogP) is 2.04. The van der Waals surface area contributed by atoms with Crippen LogP contribution in [-0.4, -0.2) is 15.8 Å². The van der Waals surface area contributed by atoms with Crippen LogP contribution in [0.25, 0.3) is 0 Å². The Morgan fingerprint density at radius 1 is 1.53 bits per heavy atom. The number of nitrogens with zero attached hydrogens (tertiary/aromatic N) is 2. The van der Waals surface area contributed by atoms with Crippen molar-refractivity contribution in [2.24, 2.45) is 18.7 Å². The first kappa shape index (κ1) is 10.7. The van der Waals surface area contributed by atoms with E-state index >= 15 is 0 Å². The minimum absolute atomic E-state index is 0.375. The smallest absolute Gasteiger partial charge is 0.0658 e. The van der Waals surface area contributed by atoms with Gasteiger partial charge in [-0.1, -0.05) is 13.3 Å². The molecule has 1 aromatic heterocycles. The fourth-order valence-corrected chi connectivity index (χ4v) is 2.75. The van der Waals surface area contributed by atoms with Crippen LogP contribution in [0.4, 0.5) is 0 Å². The van der Waals surface area contributed by atoms with E-state index in [0.717, 1.165) is 12.3 Å². The monoisotopic (exact) mass is 207 g/mol. The summed E-state index contributed by atoms with van der Waals surface area (Å²) in [5.74, 6) is 1.36. The Kier molecular flexibility index (Phi) is 3.10. The Labute approximate surface area is 91.7 Å². The van der Waals surface area contributed by atoms with Gasteiger partial charge >= 0.3 is 0 Å². The summed E-state index contributed by atoms with van der Waals surface area (Å²) in [5, 5.41) is 4.53. The highest BCUT2D eigenvalue weighted by atomic mass is 15.2. The molecule has 3 atom stereocenters. The van der Waals surface area contributed by atoms with Crippen LogP contribution >= 0.6 is 0 Å². The highest BCUT2D eigenvalue weighted by molar-refractivity contribution is 5.10. The zero-order chi connectivity index (χ0) is 10.8. The van der Waals surface area contributed by atoms with Gasteiger partial charge in [0.25, 0.3) is 0 Å². The predicted molar refractivity (Wildman–Crippen MR) is 61.6 cm³/mol. The molecule has 2 rings (SSSR count). The lowest BCUT2D eigenvalue weighted by atomic mass is 9.74. The van der Waals surface area contributed by atoms with Crippen LogP contribution in [-0.2, 0) is 7.05 Å². The van der Waals surface area contributed by atoms with Gasteiger partial charge in [-0.15, -0.1) is 0 Å². The maximum absolute atomic E-state index is 6.05. The molecule has 0 bridgehead atoms. The standard InChI is InChI=1S/C12H21N3/c1-3-9-4-5-10(13)8-11(9)12-6-7-15(2)14-12/h6-7,9-11H,3-5,8,13H2,1-2H3. The van der Waals surface area contributed by atoms with E-state index in [-0.39, 0.29) is 0 Å². The Morgan fingerprint density at radius 2 is 2.33 bits per heavy atom. The van der Waals surface area contributed by atoms with E-state index in [1.165, 1.54) is 25.0 Å². The van der Waals surface area contributed by atoms with E-state index < -0.39 is 0 Å². The third-order valence-electron chi connectivity index (χ3n) is 3.67. The van der Waals surface area contributed by atoms with Gasteiger partial charge in [0.05, 0.1) is 5.69 Å². The van der Waals surface area contributed by atoms with Crippen molar-refractivity contribution in [1.29, 1.82) is 0 Å². The Hall–Kier alpha value is -0.830. The number of hydrogen-bond acceptors (Lipinski definition) is 2. The first-order chi connectivity index (χ1) is 7.20. The summed E-state index contributed by atoms with van der Waals surface area (Å²) in [7, 11) is 1.98. The minimum Gasteiger partial charge on any atom is -0.328 e. The van der Waals surface area contributed by atoms with E-state index in [4.69, 9.17) is 5.73 Å². The van der Waals surface area contributed by atoms with Crippen molar-refractivity contribution in [2.45, 2.75) is 44.6 Å². The van der Waals surface area contributed by atoms with Crippen molar-refractivity contribution >= 4 is 0 Å². The molecular formula is C12H21N3. The summed E-state index contributed by atoms with van der Waals surface area (Å²) in [4.78, 5) is 0. The van der Waals surface area contributed by atoms with Gasteiger partial charge < -0.3 is 5.73 Å². The highest BCUT2D eigenvalue weighted by Crippen LogP contribution is 2.38. The van der Waals surface area contributed by atoms with Gasteiger partial charge in [-0.2, -0.15) is 5.10 Å². The number of rotatable bonds is 2. The zero-order valence-electron chi connectivity index (χ0n) is 9.69. The van der Waals surface area contributed by atoms with E-state index in [0.29, 0.717) is 12.0 Å². The highest BCUT2D eigenvalue weighted by Gasteiger charge is 2.30. The van der Waals surface area contributed by atoms with E-state index in [9.17, 15) is 0 Å². The van der Waals surface area contributed by atoms with E-state index in [1.807, 2.05) is 17.9 Å². The molecule has 2 N–H and O–H groups in total. The molecule has 1 heterocycles.